The second-order valence-electron chi connectivity index (χ2n) is 4.99. The molecule has 1 heterocycles. The number of carbonyl (C=O) groups excluding carboxylic acids is 2. The summed E-state index contributed by atoms with van der Waals surface area (Å²) in [5.41, 5.74) is 0.693. The first-order valence-electron chi connectivity index (χ1n) is 6.89. The Kier molecular flexibility index (Phi) is 4.27. The maximum absolute atomic E-state index is 12.0. The van der Waals surface area contributed by atoms with E-state index in [9.17, 15) is 9.59 Å². The molecule has 1 aromatic carbocycles. The van der Waals surface area contributed by atoms with Crippen molar-refractivity contribution in [3.8, 4) is 5.75 Å². The average Bonchev–Trinajstić information content (AvgIpc) is 2.44. The van der Waals surface area contributed by atoms with E-state index in [1.807, 2.05) is 25.1 Å². The zero-order chi connectivity index (χ0) is 14.7. The Morgan fingerprint density at radius 2 is 2.20 bits per heavy atom. The molecule has 1 N–H and O–H groups in total. The Morgan fingerprint density at radius 3 is 2.90 bits per heavy atom. The first-order chi connectivity index (χ1) is 9.52. The largest absolute Gasteiger partial charge is 0.491 e. The van der Waals surface area contributed by atoms with Crippen LogP contribution in [0.5, 0.6) is 5.75 Å². The average molecular weight is 276 g/mol. The first kappa shape index (κ1) is 14.4. The SMILES string of the molecule is CCC(C)Oc1cccc(N2C(=O)CNC(=O)C2C)c1. The first-order valence-corrected chi connectivity index (χ1v) is 6.89. The van der Waals surface area contributed by atoms with E-state index in [0.29, 0.717) is 11.4 Å². The molecule has 1 aromatic rings. The van der Waals surface area contributed by atoms with Crippen LogP contribution in [-0.2, 0) is 9.59 Å². The molecule has 0 aliphatic carbocycles. The molecule has 0 radical (unpaired) electrons. The van der Waals surface area contributed by atoms with Crippen LogP contribution in [0.1, 0.15) is 27.2 Å². The predicted molar refractivity (Wildman–Crippen MR) is 76.8 cm³/mol. The number of hydrogen-bond acceptors (Lipinski definition) is 3. The fourth-order valence-electron chi connectivity index (χ4n) is 2.12. The zero-order valence-electron chi connectivity index (χ0n) is 12.1. The Morgan fingerprint density at radius 1 is 1.45 bits per heavy atom. The number of piperazine rings is 1. The van der Waals surface area contributed by atoms with E-state index in [4.69, 9.17) is 4.74 Å². The predicted octanol–water partition coefficient (Wildman–Crippen LogP) is 1.72. The smallest absolute Gasteiger partial charge is 0.247 e. The number of rotatable bonds is 4. The fourth-order valence-corrected chi connectivity index (χ4v) is 2.12. The molecule has 0 aromatic heterocycles. The van der Waals surface area contributed by atoms with Gasteiger partial charge >= 0.3 is 0 Å². The summed E-state index contributed by atoms with van der Waals surface area (Å²) in [6.45, 7) is 5.80. The number of amides is 2. The van der Waals surface area contributed by atoms with Crippen LogP contribution in [0.25, 0.3) is 0 Å². The van der Waals surface area contributed by atoms with Crippen molar-refractivity contribution in [3.05, 3.63) is 24.3 Å². The Bertz CT molecular complexity index is 516. The number of carbonyl (C=O) groups is 2. The molecule has 2 unspecified atom stereocenters. The van der Waals surface area contributed by atoms with Crippen LogP contribution in [0.15, 0.2) is 24.3 Å². The van der Waals surface area contributed by atoms with Crippen LogP contribution >= 0.6 is 0 Å². The summed E-state index contributed by atoms with van der Waals surface area (Å²) in [6, 6.07) is 6.80. The van der Waals surface area contributed by atoms with Crippen LogP contribution in [0, 0.1) is 0 Å². The summed E-state index contributed by atoms with van der Waals surface area (Å²) >= 11 is 0. The van der Waals surface area contributed by atoms with Gasteiger partial charge in [-0.1, -0.05) is 13.0 Å². The number of nitrogens with zero attached hydrogens (tertiary/aromatic N) is 1. The third kappa shape index (κ3) is 2.92. The molecule has 1 saturated heterocycles. The van der Waals surface area contributed by atoms with Crippen molar-refractivity contribution >= 4 is 17.5 Å². The molecule has 2 atom stereocenters. The van der Waals surface area contributed by atoms with Crippen molar-refractivity contribution in [1.29, 1.82) is 0 Å². The molecular formula is C15H20N2O3. The van der Waals surface area contributed by atoms with Gasteiger partial charge in [0.15, 0.2) is 0 Å². The van der Waals surface area contributed by atoms with Crippen LogP contribution in [0.3, 0.4) is 0 Å². The van der Waals surface area contributed by atoms with Gasteiger partial charge in [-0.25, -0.2) is 0 Å². The van der Waals surface area contributed by atoms with Gasteiger partial charge in [0.05, 0.1) is 12.6 Å². The summed E-state index contributed by atoms with van der Waals surface area (Å²) in [5, 5.41) is 2.58. The summed E-state index contributed by atoms with van der Waals surface area (Å²) < 4.78 is 5.75. The monoisotopic (exact) mass is 276 g/mol. The summed E-state index contributed by atoms with van der Waals surface area (Å²) in [5.74, 6) is 0.457. The summed E-state index contributed by atoms with van der Waals surface area (Å²) in [6.07, 6.45) is 1.02. The lowest BCUT2D eigenvalue weighted by molar-refractivity contribution is -0.130. The molecule has 2 amide bonds. The Labute approximate surface area is 118 Å². The third-order valence-corrected chi connectivity index (χ3v) is 3.46. The molecule has 0 saturated carbocycles. The van der Waals surface area contributed by atoms with Crippen molar-refractivity contribution in [2.45, 2.75) is 39.3 Å². The Hall–Kier alpha value is -2.04. The molecule has 0 spiro atoms. The fraction of sp³-hybridized carbons (Fsp3) is 0.467. The van der Waals surface area contributed by atoms with E-state index in [1.54, 1.807) is 13.0 Å². The number of anilines is 1. The van der Waals surface area contributed by atoms with E-state index in [0.717, 1.165) is 6.42 Å². The molecule has 1 aliphatic heterocycles. The molecule has 5 nitrogen and oxygen atoms in total. The highest BCUT2D eigenvalue weighted by molar-refractivity contribution is 6.06. The van der Waals surface area contributed by atoms with E-state index < -0.39 is 6.04 Å². The van der Waals surface area contributed by atoms with E-state index in [2.05, 4.69) is 12.2 Å². The van der Waals surface area contributed by atoms with Crippen molar-refractivity contribution in [2.75, 3.05) is 11.4 Å². The van der Waals surface area contributed by atoms with Gasteiger partial charge in [0.1, 0.15) is 11.8 Å². The molecular weight excluding hydrogens is 256 g/mol. The number of hydrogen-bond donors (Lipinski definition) is 1. The van der Waals surface area contributed by atoms with Crippen molar-refractivity contribution in [3.63, 3.8) is 0 Å². The quantitative estimate of drug-likeness (QED) is 0.911. The second kappa shape index (κ2) is 5.94. The number of benzene rings is 1. The molecule has 1 fully saturated rings. The van der Waals surface area contributed by atoms with Crippen molar-refractivity contribution in [1.82, 2.24) is 5.32 Å². The maximum Gasteiger partial charge on any atom is 0.247 e. The topological polar surface area (TPSA) is 58.6 Å². The van der Waals surface area contributed by atoms with Crippen LogP contribution in [0.2, 0.25) is 0 Å². The normalized spacial score (nSPS) is 20.6. The van der Waals surface area contributed by atoms with Gasteiger partial charge in [0, 0.05) is 11.8 Å². The highest BCUT2D eigenvalue weighted by atomic mass is 16.5. The minimum Gasteiger partial charge on any atom is -0.491 e. The van der Waals surface area contributed by atoms with Crippen LogP contribution < -0.4 is 15.0 Å². The van der Waals surface area contributed by atoms with E-state index >= 15 is 0 Å². The summed E-state index contributed by atoms with van der Waals surface area (Å²) in [7, 11) is 0. The zero-order valence-corrected chi connectivity index (χ0v) is 12.1. The Balaban J connectivity index is 2.25. The lowest BCUT2D eigenvalue weighted by Crippen LogP contribution is -2.57. The maximum atomic E-state index is 12.0. The number of nitrogens with one attached hydrogen (secondary N) is 1. The van der Waals surface area contributed by atoms with Crippen LogP contribution in [0.4, 0.5) is 5.69 Å². The third-order valence-electron chi connectivity index (χ3n) is 3.46. The highest BCUT2D eigenvalue weighted by Gasteiger charge is 2.32. The van der Waals surface area contributed by atoms with Gasteiger partial charge in [0.25, 0.3) is 0 Å². The van der Waals surface area contributed by atoms with Gasteiger partial charge < -0.3 is 10.1 Å². The van der Waals surface area contributed by atoms with Crippen LogP contribution in [-0.4, -0.2) is 30.5 Å². The second-order valence-corrected chi connectivity index (χ2v) is 4.99. The van der Waals surface area contributed by atoms with Gasteiger partial charge in [-0.05, 0) is 32.4 Å². The highest BCUT2D eigenvalue weighted by Crippen LogP contribution is 2.25. The minimum absolute atomic E-state index is 0.0413. The molecule has 2 rings (SSSR count). The lowest BCUT2D eigenvalue weighted by atomic mass is 10.1. The molecule has 20 heavy (non-hydrogen) atoms. The summed E-state index contributed by atoms with van der Waals surface area (Å²) in [4.78, 5) is 25.2. The lowest BCUT2D eigenvalue weighted by Gasteiger charge is -2.32. The van der Waals surface area contributed by atoms with Gasteiger partial charge in [-0.15, -0.1) is 0 Å². The van der Waals surface area contributed by atoms with Crippen molar-refractivity contribution < 1.29 is 14.3 Å². The number of ether oxygens (including phenoxy) is 1. The van der Waals surface area contributed by atoms with Gasteiger partial charge in [0.2, 0.25) is 11.8 Å². The van der Waals surface area contributed by atoms with E-state index in [1.165, 1.54) is 4.90 Å². The minimum atomic E-state index is -0.505. The molecule has 0 bridgehead atoms. The molecule has 1 aliphatic rings. The standard InChI is InChI=1S/C15H20N2O3/c1-4-10(2)20-13-7-5-6-12(8-13)17-11(3)15(19)16-9-14(17)18/h5-8,10-11H,4,9H2,1-3H3,(H,16,19). The van der Waals surface area contributed by atoms with Gasteiger partial charge in [-0.3, -0.25) is 14.5 Å². The molecule has 5 heteroatoms. The van der Waals surface area contributed by atoms with Crippen molar-refractivity contribution in [2.24, 2.45) is 0 Å². The van der Waals surface area contributed by atoms with E-state index in [-0.39, 0.29) is 24.5 Å². The molecule has 108 valence electrons. The van der Waals surface area contributed by atoms with Gasteiger partial charge in [-0.2, -0.15) is 0 Å².